The molecule has 0 spiro atoms. The quantitative estimate of drug-likeness (QED) is 0.560. The molecule has 3 nitrogen and oxygen atoms in total. The molecule has 1 aliphatic carbocycles. The molecule has 0 atom stereocenters. The number of nitrogens with zero attached hydrogens (tertiary/aromatic N) is 2. The highest BCUT2D eigenvalue weighted by Crippen LogP contribution is 2.37. The fourth-order valence-corrected chi connectivity index (χ4v) is 2.83. The highest BCUT2D eigenvalue weighted by atomic mass is 35.5. The number of halogens is 1. The van der Waals surface area contributed by atoms with E-state index in [9.17, 15) is 4.79 Å². The van der Waals surface area contributed by atoms with E-state index in [-0.39, 0.29) is 11.2 Å². The van der Waals surface area contributed by atoms with E-state index >= 15 is 0 Å². The summed E-state index contributed by atoms with van der Waals surface area (Å²) >= 11 is 5.87. The molecule has 25 heavy (non-hydrogen) atoms. The van der Waals surface area contributed by atoms with E-state index < -0.39 is 0 Å². The van der Waals surface area contributed by atoms with Crippen molar-refractivity contribution in [2.45, 2.75) is 20.8 Å². The molecular weight excluding hydrogens is 332 g/mol. The second kappa shape index (κ2) is 6.77. The normalized spacial score (nSPS) is 16.2. The Hall–Kier alpha value is -2.52. The van der Waals surface area contributed by atoms with Crippen LogP contribution in [-0.4, -0.2) is 5.78 Å². The number of carbonyl (C=O) groups excluding carboxylic acids is 1. The molecule has 3 rings (SSSR count). The summed E-state index contributed by atoms with van der Waals surface area (Å²) in [7, 11) is 0. The van der Waals surface area contributed by atoms with Gasteiger partial charge in [0.2, 0.25) is 0 Å². The van der Waals surface area contributed by atoms with Crippen molar-refractivity contribution in [1.29, 1.82) is 0 Å². The number of fused-ring (bicyclic) bond motifs is 1. The van der Waals surface area contributed by atoms with Gasteiger partial charge in [-0.2, -0.15) is 10.2 Å². The van der Waals surface area contributed by atoms with E-state index in [2.05, 4.69) is 10.2 Å². The van der Waals surface area contributed by atoms with Gasteiger partial charge in [0.05, 0.1) is 11.9 Å². The molecular formula is C21H19ClN2O. The lowest BCUT2D eigenvalue weighted by Gasteiger charge is -2.27. The Morgan fingerprint density at radius 3 is 2.24 bits per heavy atom. The van der Waals surface area contributed by atoms with Gasteiger partial charge in [0.25, 0.3) is 0 Å². The number of allylic oxidation sites excluding steroid dienone is 3. The zero-order valence-corrected chi connectivity index (χ0v) is 15.2. The molecule has 0 unspecified atom stereocenters. The molecule has 0 aromatic heterocycles. The molecule has 0 N–H and O–H groups in total. The summed E-state index contributed by atoms with van der Waals surface area (Å²) in [4.78, 5) is 12.8. The molecule has 0 saturated carbocycles. The third-order valence-corrected chi connectivity index (χ3v) is 4.28. The zero-order valence-electron chi connectivity index (χ0n) is 14.5. The predicted molar refractivity (Wildman–Crippen MR) is 102 cm³/mol. The van der Waals surface area contributed by atoms with Crippen LogP contribution in [0.2, 0.25) is 5.02 Å². The molecule has 0 radical (unpaired) electrons. The van der Waals surface area contributed by atoms with Gasteiger partial charge in [-0.15, -0.1) is 0 Å². The summed E-state index contributed by atoms with van der Waals surface area (Å²) in [5.41, 5.74) is 3.74. The average Bonchev–Trinajstić information content (AvgIpc) is 2.58. The predicted octanol–water partition coefficient (Wildman–Crippen LogP) is 6.63. The third-order valence-electron chi connectivity index (χ3n) is 4.03. The van der Waals surface area contributed by atoms with Crippen molar-refractivity contribution in [3.8, 4) is 0 Å². The van der Waals surface area contributed by atoms with Gasteiger partial charge in [0.15, 0.2) is 5.78 Å². The Morgan fingerprint density at radius 2 is 1.60 bits per heavy atom. The fraction of sp³-hybridized carbons (Fsp3) is 0.190. The van der Waals surface area contributed by atoms with Crippen LogP contribution in [0.5, 0.6) is 0 Å². The van der Waals surface area contributed by atoms with Crippen LogP contribution in [-0.2, 0) is 0 Å². The van der Waals surface area contributed by atoms with Gasteiger partial charge >= 0.3 is 0 Å². The van der Waals surface area contributed by atoms with Crippen molar-refractivity contribution >= 4 is 28.6 Å². The Morgan fingerprint density at radius 1 is 0.960 bits per heavy atom. The Bertz CT molecular complexity index is 900. The van der Waals surface area contributed by atoms with E-state index in [0.717, 1.165) is 22.4 Å². The van der Waals surface area contributed by atoms with E-state index in [1.54, 1.807) is 30.5 Å². The molecule has 1 aliphatic rings. The van der Waals surface area contributed by atoms with Crippen molar-refractivity contribution in [3.63, 3.8) is 0 Å². The number of hydrogen-bond acceptors (Lipinski definition) is 3. The summed E-state index contributed by atoms with van der Waals surface area (Å²) < 4.78 is 0. The van der Waals surface area contributed by atoms with Gasteiger partial charge in [-0.3, -0.25) is 4.79 Å². The lowest BCUT2D eigenvalue weighted by molar-refractivity contribution is 0.101. The number of azo groups is 1. The van der Waals surface area contributed by atoms with Crippen molar-refractivity contribution in [2.24, 2.45) is 15.6 Å². The number of ketones is 1. The fourth-order valence-electron chi connectivity index (χ4n) is 2.71. The van der Waals surface area contributed by atoms with Gasteiger partial charge in [-0.25, -0.2) is 0 Å². The van der Waals surface area contributed by atoms with Gasteiger partial charge in [-0.05, 0) is 41.3 Å². The summed E-state index contributed by atoms with van der Waals surface area (Å²) in [6, 6.07) is 14.8. The average molecular weight is 351 g/mol. The van der Waals surface area contributed by atoms with Gasteiger partial charge in [0.1, 0.15) is 0 Å². The maximum Gasteiger partial charge on any atom is 0.190 e. The number of hydrogen-bond donors (Lipinski definition) is 0. The molecule has 126 valence electrons. The van der Waals surface area contributed by atoms with E-state index in [1.807, 2.05) is 51.1 Å². The molecule has 0 heterocycles. The largest absolute Gasteiger partial charge is 0.289 e. The molecule has 2 aromatic carbocycles. The Kier molecular flexibility index (Phi) is 4.69. The third kappa shape index (κ3) is 3.77. The first-order valence-electron chi connectivity index (χ1n) is 8.09. The Balaban J connectivity index is 2.01. The molecule has 0 aliphatic heterocycles. The summed E-state index contributed by atoms with van der Waals surface area (Å²) in [6.07, 6.45) is 3.62. The minimum atomic E-state index is -0.239. The lowest BCUT2D eigenvalue weighted by atomic mass is 9.76. The van der Waals surface area contributed by atoms with Crippen LogP contribution in [0, 0.1) is 5.41 Å². The number of benzene rings is 2. The van der Waals surface area contributed by atoms with Gasteiger partial charge < -0.3 is 0 Å². The van der Waals surface area contributed by atoms with Crippen LogP contribution in [0.25, 0.3) is 5.57 Å². The van der Waals surface area contributed by atoms with Crippen LogP contribution in [0.1, 0.15) is 36.7 Å². The highest BCUT2D eigenvalue weighted by Gasteiger charge is 2.30. The van der Waals surface area contributed by atoms with Crippen LogP contribution < -0.4 is 0 Å². The molecule has 0 fully saturated rings. The monoisotopic (exact) mass is 350 g/mol. The van der Waals surface area contributed by atoms with Gasteiger partial charge in [0, 0.05) is 21.7 Å². The first kappa shape index (κ1) is 17.3. The van der Waals surface area contributed by atoms with Crippen molar-refractivity contribution in [3.05, 3.63) is 82.5 Å². The second-order valence-electron chi connectivity index (χ2n) is 6.96. The second-order valence-corrected chi connectivity index (χ2v) is 7.40. The Labute approximate surface area is 152 Å². The summed E-state index contributed by atoms with van der Waals surface area (Å²) in [6.45, 7) is 6.12. The summed E-state index contributed by atoms with van der Waals surface area (Å²) in [5, 5.41) is 9.06. The molecule has 0 bridgehead atoms. The van der Waals surface area contributed by atoms with E-state index in [0.29, 0.717) is 10.6 Å². The minimum absolute atomic E-state index is 0.0786. The van der Waals surface area contributed by atoms with Gasteiger partial charge in [-0.1, -0.05) is 56.6 Å². The maximum absolute atomic E-state index is 12.8. The van der Waals surface area contributed by atoms with Crippen molar-refractivity contribution in [2.75, 3.05) is 0 Å². The van der Waals surface area contributed by atoms with Crippen molar-refractivity contribution in [1.82, 2.24) is 0 Å². The zero-order chi connectivity index (χ0) is 18.0. The summed E-state index contributed by atoms with van der Waals surface area (Å²) in [5.74, 6) is 0.0786. The SMILES string of the molecule is CC(C)(C)C1=C/C(=C/N=Nc2ccc(Cl)cc2)c2ccccc2C1=O. The van der Waals surface area contributed by atoms with Crippen LogP contribution in [0.15, 0.2) is 76.6 Å². The molecule has 0 saturated heterocycles. The highest BCUT2D eigenvalue weighted by molar-refractivity contribution is 6.30. The van der Waals surface area contributed by atoms with Crippen molar-refractivity contribution < 1.29 is 4.79 Å². The standard InChI is InChI=1S/C21H19ClN2O/c1-21(2,3)19-12-14(17-6-4-5-7-18(17)20(19)25)13-23-24-16-10-8-15(22)9-11-16/h4-13H,1-3H3/b14-13-,24-23?. The molecule has 2 aromatic rings. The van der Waals surface area contributed by atoms with E-state index in [1.165, 1.54) is 0 Å². The topological polar surface area (TPSA) is 41.8 Å². The first-order chi connectivity index (χ1) is 11.9. The molecule has 4 heteroatoms. The van der Waals surface area contributed by atoms with Crippen LogP contribution >= 0.6 is 11.6 Å². The van der Waals surface area contributed by atoms with Crippen LogP contribution in [0.3, 0.4) is 0 Å². The number of rotatable bonds is 2. The maximum atomic E-state index is 12.8. The van der Waals surface area contributed by atoms with Crippen LogP contribution in [0.4, 0.5) is 5.69 Å². The lowest BCUT2D eigenvalue weighted by Crippen LogP contribution is -2.22. The first-order valence-corrected chi connectivity index (χ1v) is 8.47. The number of carbonyl (C=O) groups is 1. The number of Topliss-reactive ketones (excluding diaryl/α,β-unsaturated/α-hetero) is 1. The minimum Gasteiger partial charge on any atom is -0.289 e. The molecule has 0 amide bonds. The van der Waals surface area contributed by atoms with E-state index in [4.69, 9.17) is 11.6 Å². The smallest absolute Gasteiger partial charge is 0.190 e.